The second-order valence-electron chi connectivity index (χ2n) is 4.79. The summed E-state index contributed by atoms with van der Waals surface area (Å²) in [4.78, 5) is 13.9. The van der Waals surface area contributed by atoms with Crippen molar-refractivity contribution in [3.63, 3.8) is 0 Å². The molecule has 1 aromatic rings. The van der Waals surface area contributed by atoms with Gasteiger partial charge in [0.2, 0.25) is 11.8 Å². The summed E-state index contributed by atoms with van der Waals surface area (Å²) in [5.41, 5.74) is 5.65. The summed E-state index contributed by atoms with van der Waals surface area (Å²) in [7, 11) is 0. The molecule has 7 heteroatoms. The lowest BCUT2D eigenvalue weighted by Crippen LogP contribution is -2.36. The molecule has 0 spiro atoms. The summed E-state index contributed by atoms with van der Waals surface area (Å²) in [6.45, 7) is 5.66. The first-order valence-electron chi connectivity index (χ1n) is 6.12. The number of hydrogen-bond acceptors (Lipinski definition) is 6. The predicted octanol–water partition coefficient (Wildman–Crippen LogP) is -0.0144. The molecule has 0 bridgehead atoms. The lowest BCUT2D eigenvalue weighted by molar-refractivity contribution is -0.117. The van der Waals surface area contributed by atoms with Gasteiger partial charge in [-0.2, -0.15) is 0 Å². The third kappa shape index (κ3) is 3.05. The van der Waals surface area contributed by atoms with Crippen molar-refractivity contribution in [2.75, 3.05) is 25.0 Å². The van der Waals surface area contributed by atoms with E-state index in [0.29, 0.717) is 30.9 Å². The second-order valence-corrected chi connectivity index (χ2v) is 4.79. The minimum atomic E-state index is -0.136. The van der Waals surface area contributed by atoms with E-state index in [1.807, 2.05) is 0 Å². The van der Waals surface area contributed by atoms with Crippen molar-refractivity contribution in [2.45, 2.75) is 26.3 Å². The minimum absolute atomic E-state index is 0.136. The fourth-order valence-electron chi connectivity index (χ4n) is 2.30. The van der Waals surface area contributed by atoms with Crippen LogP contribution in [0.4, 0.5) is 6.01 Å². The Balaban J connectivity index is 1.84. The number of carbonyl (C=O) groups is 1. The highest BCUT2D eigenvalue weighted by Crippen LogP contribution is 2.21. The quantitative estimate of drug-likeness (QED) is 0.783. The number of nitrogens with one attached hydrogen (secondary N) is 1. The molecule has 2 heterocycles. The Kier molecular flexibility index (Phi) is 3.93. The molecule has 1 aromatic heterocycles. The molecule has 2 unspecified atom stereocenters. The monoisotopic (exact) mass is 253 g/mol. The van der Waals surface area contributed by atoms with Gasteiger partial charge >= 0.3 is 6.01 Å². The molecule has 18 heavy (non-hydrogen) atoms. The number of nitrogens with zero attached hydrogens (tertiary/aromatic N) is 3. The average Bonchev–Trinajstić information content (AvgIpc) is 2.86. The molecule has 0 aromatic carbocycles. The normalized spacial score (nSPS) is 24.4. The molecule has 1 fully saturated rings. The largest absolute Gasteiger partial charge is 0.408 e. The van der Waals surface area contributed by atoms with Crippen molar-refractivity contribution in [1.82, 2.24) is 15.1 Å². The van der Waals surface area contributed by atoms with Crippen molar-refractivity contribution in [3.05, 3.63) is 5.89 Å². The van der Waals surface area contributed by atoms with Crippen molar-refractivity contribution in [3.8, 4) is 0 Å². The van der Waals surface area contributed by atoms with Crippen molar-refractivity contribution in [1.29, 1.82) is 0 Å². The molecule has 1 aliphatic heterocycles. The molecular formula is C11H19N5O2. The first-order chi connectivity index (χ1) is 8.58. The van der Waals surface area contributed by atoms with E-state index in [1.54, 1.807) is 6.92 Å². The van der Waals surface area contributed by atoms with Crippen LogP contribution in [-0.2, 0) is 4.79 Å². The maximum absolute atomic E-state index is 11.8. The van der Waals surface area contributed by atoms with Gasteiger partial charge in [-0.05, 0) is 25.8 Å². The molecule has 0 radical (unpaired) electrons. The maximum atomic E-state index is 11.8. The van der Waals surface area contributed by atoms with Crippen LogP contribution in [0.15, 0.2) is 4.42 Å². The van der Waals surface area contributed by atoms with Crippen LogP contribution in [0.1, 0.15) is 19.2 Å². The lowest BCUT2D eigenvalue weighted by Gasteiger charge is -2.19. The van der Waals surface area contributed by atoms with E-state index in [0.717, 1.165) is 13.0 Å². The SMILES string of the molecule is Cc1nnc(NC(=O)CN2CC(CN)CC2C)o1. The van der Waals surface area contributed by atoms with Gasteiger partial charge in [0.15, 0.2) is 0 Å². The molecule has 1 amide bonds. The third-order valence-corrected chi connectivity index (χ3v) is 3.24. The van der Waals surface area contributed by atoms with Gasteiger partial charge in [-0.3, -0.25) is 15.0 Å². The number of amides is 1. The Hall–Kier alpha value is -1.47. The lowest BCUT2D eigenvalue weighted by atomic mass is 10.1. The zero-order chi connectivity index (χ0) is 13.1. The van der Waals surface area contributed by atoms with Crippen LogP contribution in [0, 0.1) is 12.8 Å². The molecule has 0 saturated carbocycles. The summed E-state index contributed by atoms with van der Waals surface area (Å²) in [6, 6.07) is 0.536. The Morgan fingerprint density at radius 2 is 2.39 bits per heavy atom. The van der Waals surface area contributed by atoms with E-state index in [2.05, 4.69) is 27.3 Å². The zero-order valence-electron chi connectivity index (χ0n) is 10.7. The van der Waals surface area contributed by atoms with Crippen LogP contribution in [0.3, 0.4) is 0 Å². The fourth-order valence-corrected chi connectivity index (χ4v) is 2.30. The summed E-state index contributed by atoms with van der Waals surface area (Å²) in [5, 5.41) is 9.96. The number of hydrogen-bond donors (Lipinski definition) is 2. The van der Waals surface area contributed by atoms with Crippen LogP contribution in [-0.4, -0.2) is 46.7 Å². The molecule has 2 atom stereocenters. The number of rotatable bonds is 4. The molecular weight excluding hydrogens is 234 g/mol. The molecule has 2 rings (SSSR count). The van der Waals surface area contributed by atoms with Gasteiger partial charge in [-0.15, -0.1) is 5.10 Å². The minimum Gasteiger partial charge on any atom is -0.408 e. The van der Waals surface area contributed by atoms with Gasteiger partial charge in [0, 0.05) is 19.5 Å². The Morgan fingerprint density at radius 1 is 1.61 bits per heavy atom. The van der Waals surface area contributed by atoms with Crippen LogP contribution < -0.4 is 11.1 Å². The number of aromatic nitrogens is 2. The Labute approximate surface area is 106 Å². The van der Waals surface area contributed by atoms with Crippen LogP contribution in [0.5, 0.6) is 0 Å². The van der Waals surface area contributed by atoms with Gasteiger partial charge in [0.25, 0.3) is 0 Å². The van der Waals surface area contributed by atoms with Crippen molar-refractivity contribution in [2.24, 2.45) is 11.7 Å². The molecule has 1 saturated heterocycles. The van der Waals surface area contributed by atoms with E-state index in [9.17, 15) is 4.79 Å². The van der Waals surface area contributed by atoms with Crippen molar-refractivity contribution < 1.29 is 9.21 Å². The van der Waals surface area contributed by atoms with E-state index >= 15 is 0 Å². The average molecular weight is 253 g/mol. The molecule has 1 aliphatic rings. The summed E-state index contributed by atoms with van der Waals surface area (Å²) < 4.78 is 5.10. The van der Waals surface area contributed by atoms with E-state index in [1.165, 1.54) is 0 Å². The number of aryl methyl sites for hydroxylation is 1. The van der Waals surface area contributed by atoms with Crippen LogP contribution in [0.2, 0.25) is 0 Å². The zero-order valence-corrected chi connectivity index (χ0v) is 10.7. The molecule has 0 aliphatic carbocycles. The standard InChI is InChI=1S/C11H19N5O2/c1-7-3-9(4-12)5-16(7)6-10(17)13-11-15-14-8(2)18-11/h7,9H,3-6,12H2,1-2H3,(H,13,15,17). The van der Waals surface area contributed by atoms with E-state index in [-0.39, 0.29) is 11.9 Å². The van der Waals surface area contributed by atoms with E-state index in [4.69, 9.17) is 10.2 Å². The predicted molar refractivity (Wildman–Crippen MR) is 65.9 cm³/mol. The Morgan fingerprint density at radius 3 is 2.94 bits per heavy atom. The summed E-state index contributed by atoms with van der Waals surface area (Å²) >= 11 is 0. The maximum Gasteiger partial charge on any atom is 0.322 e. The second kappa shape index (κ2) is 5.45. The van der Waals surface area contributed by atoms with Gasteiger partial charge in [0.1, 0.15) is 0 Å². The van der Waals surface area contributed by atoms with Gasteiger partial charge in [-0.25, -0.2) is 0 Å². The highest BCUT2D eigenvalue weighted by Gasteiger charge is 2.29. The summed E-state index contributed by atoms with van der Waals surface area (Å²) in [6.07, 6.45) is 1.05. The number of anilines is 1. The third-order valence-electron chi connectivity index (χ3n) is 3.24. The first kappa shape index (κ1) is 13.0. The number of likely N-dealkylation sites (tertiary alicyclic amines) is 1. The van der Waals surface area contributed by atoms with Gasteiger partial charge in [-0.1, -0.05) is 5.10 Å². The Bertz CT molecular complexity index is 419. The van der Waals surface area contributed by atoms with Gasteiger partial charge < -0.3 is 10.2 Å². The van der Waals surface area contributed by atoms with Crippen molar-refractivity contribution >= 4 is 11.9 Å². The number of nitrogens with two attached hydrogens (primary N) is 1. The fraction of sp³-hybridized carbons (Fsp3) is 0.727. The molecule has 100 valence electrons. The van der Waals surface area contributed by atoms with Crippen LogP contribution >= 0.6 is 0 Å². The number of carbonyl (C=O) groups excluding carboxylic acids is 1. The molecule has 7 nitrogen and oxygen atoms in total. The highest BCUT2D eigenvalue weighted by atomic mass is 16.4. The smallest absolute Gasteiger partial charge is 0.322 e. The van der Waals surface area contributed by atoms with Gasteiger partial charge in [0.05, 0.1) is 6.54 Å². The first-order valence-corrected chi connectivity index (χ1v) is 6.12. The highest BCUT2D eigenvalue weighted by molar-refractivity contribution is 5.90. The topological polar surface area (TPSA) is 97.3 Å². The summed E-state index contributed by atoms with van der Waals surface area (Å²) in [5.74, 6) is 0.782. The van der Waals surface area contributed by atoms with E-state index < -0.39 is 0 Å². The van der Waals surface area contributed by atoms with Crippen LogP contribution in [0.25, 0.3) is 0 Å². The molecule has 3 N–H and O–H groups in total.